The molecule has 1 aromatic heterocycles. The number of carbonyl (C=O) groups excluding carboxylic acids is 1. The highest BCUT2D eigenvalue weighted by molar-refractivity contribution is 6.32. The first-order chi connectivity index (χ1) is 8.35. The number of aromatic nitrogens is 1. The van der Waals surface area contributed by atoms with Gasteiger partial charge in [0.1, 0.15) is 11.0 Å². The number of nitrogens with zero attached hydrogens (tertiary/aromatic N) is 1. The molecule has 0 aliphatic rings. The zero-order chi connectivity index (χ0) is 13.8. The Morgan fingerprint density at radius 2 is 2.28 bits per heavy atom. The number of aliphatic hydroxyl groups excluding tert-OH is 1. The van der Waals surface area contributed by atoms with E-state index in [1.54, 1.807) is 0 Å². The molecule has 1 rings (SSSR count). The summed E-state index contributed by atoms with van der Waals surface area (Å²) in [4.78, 5) is 15.4. The molecule has 0 aliphatic carbocycles. The highest BCUT2D eigenvalue weighted by atomic mass is 35.5. The van der Waals surface area contributed by atoms with Crippen LogP contribution in [0.4, 0.5) is 4.39 Å². The molecule has 2 N–H and O–H groups in total. The molecule has 0 bridgehead atoms. The van der Waals surface area contributed by atoms with Crippen LogP contribution in [0.3, 0.4) is 0 Å². The van der Waals surface area contributed by atoms with Crippen molar-refractivity contribution in [2.45, 2.75) is 20.3 Å². The van der Waals surface area contributed by atoms with Gasteiger partial charge < -0.3 is 10.4 Å². The van der Waals surface area contributed by atoms with Crippen LogP contribution in [0.2, 0.25) is 5.15 Å². The summed E-state index contributed by atoms with van der Waals surface area (Å²) in [7, 11) is 0. The van der Waals surface area contributed by atoms with Crippen molar-refractivity contribution in [3.05, 3.63) is 28.8 Å². The van der Waals surface area contributed by atoms with Crippen molar-refractivity contribution < 1.29 is 14.3 Å². The van der Waals surface area contributed by atoms with Gasteiger partial charge in [0.05, 0.1) is 11.8 Å². The third-order valence-electron chi connectivity index (χ3n) is 2.57. The second-order valence-corrected chi connectivity index (χ2v) is 5.17. The fourth-order valence-electron chi connectivity index (χ4n) is 1.39. The standard InChI is InChI=1S/C12H16ClFN2O2/c1-12(2,3-4-17)7-16-11(18)9-5-8(14)6-15-10(9)13/h5-6,17H,3-4,7H2,1-2H3,(H,16,18). The Kier molecular flexibility index (Phi) is 5.04. The minimum Gasteiger partial charge on any atom is -0.396 e. The van der Waals surface area contributed by atoms with Crippen LogP contribution in [0.15, 0.2) is 12.3 Å². The lowest BCUT2D eigenvalue weighted by Gasteiger charge is -2.23. The van der Waals surface area contributed by atoms with Gasteiger partial charge >= 0.3 is 0 Å². The molecule has 100 valence electrons. The van der Waals surface area contributed by atoms with Gasteiger partial charge in [-0.3, -0.25) is 4.79 Å². The molecule has 4 nitrogen and oxygen atoms in total. The Labute approximate surface area is 110 Å². The van der Waals surface area contributed by atoms with Crippen LogP contribution in [-0.2, 0) is 0 Å². The average Bonchev–Trinajstić information content (AvgIpc) is 2.29. The number of carbonyl (C=O) groups is 1. The molecule has 0 saturated carbocycles. The fourth-order valence-corrected chi connectivity index (χ4v) is 1.58. The predicted molar refractivity (Wildman–Crippen MR) is 67.0 cm³/mol. The lowest BCUT2D eigenvalue weighted by molar-refractivity contribution is 0.0927. The molecule has 0 spiro atoms. The Bertz CT molecular complexity index is 438. The van der Waals surface area contributed by atoms with E-state index in [2.05, 4.69) is 10.3 Å². The van der Waals surface area contributed by atoms with Gasteiger partial charge in [0.2, 0.25) is 0 Å². The normalized spacial score (nSPS) is 11.4. The zero-order valence-corrected chi connectivity index (χ0v) is 11.1. The summed E-state index contributed by atoms with van der Waals surface area (Å²) in [6.07, 6.45) is 1.51. The van der Waals surface area contributed by atoms with Crippen LogP contribution in [0, 0.1) is 11.2 Å². The molecule has 1 heterocycles. The molecule has 0 aromatic carbocycles. The molecule has 0 unspecified atom stereocenters. The summed E-state index contributed by atoms with van der Waals surface area (Å²) in [5, 5.41) is 11.5. The summed E-state index contributed by atoms with van der Waals surface area (Å²) in [5.74, 6) is -1.09. The molecule has 18 heavy (non-hydrogen) atoms. The number of hydrogen-bond donors (Lipinski definition) is 2. The van der Waals surface area contributed by atoms with Crippen molar-refractivity contribution in [2.24, 2.45) is 5.41 Å². The van der Waals surface area contributed by atoms with Crippen molar-refractivity contribution in [2.75, 3.05) is 13.2 Å². The van der Waals surface area contributed by atoms with Crippen LogP contribution in [-0.4, -0.2) is 29.1 Å². The number of halogens is 2. The van der Waals surface area contributed by atoms with Gasteiger partial charge in [-0.15, -0.1) is 0 Å². The Hall–Kier alpha value is -1.20. The first-order valence-corrected chi connectivity index (χ1v) is 5.93. The quantitative estimate of drug-likeness (QED) is 0.808. The number of rotatable bonds is 5. The van der Waals surface area contributed by atoms with Gasteiger partial charge in [-0.1, -0.05) is 25.4 Å². The van der Waals surface area contributed by atoms with E-state index in [0.717, 1.165) is 12.3 Å². The summed E-state index contributed by atoms with van der Waals surface area (Å²) < 4.78 is 13.0. The number of hydrogen-bond acceptors (Lipinski definition) is 3. The third kappa shape index (κ3) is 4.23. The van der Waals surface area contributed by atoms with Gasteiger partial charge in [0.15, 0.2) is 0 Å². The smallest absolute Gasteiger partial charge is 0.254 e. The SMILES string of the molecule is CC(C)(CCO)CNC(=O)c1cc(F)cnc1Cl. The highest BCUT2D eigenvalue weighted by Crippen LogP contribution is 2.19. The average molecular weight is 275 g/mol. The maximum atomic E-state index is 13.0. The lowest BCUT2D eigenvalue weighted by Crippen LogP contribution is -2.34. The number of amides is 1. The molecule has 6 heteroatoms. The predicted octanol–water partition coefficient (Wildman–Crippen LogP) is 2.01. The van der Waals surface area contributed by atoms with Crippen LogP contribution >= 0.6 is 11.6 Å². The van der Waals surface area contributed by atoms with Crippen LogP contribution in [0.25, 0.3) is 0 Å². The second-order valence-electron chi connectivity index (χ2n) is 4.81. The van der Waals surface area contributed by atoms with Crippen molar-refractivity contribution in [1.29, 1.82) is 0 Å². The van der Waals surface area contributed by atoms with Crippen molar-refractivity contribution in [1.82, 2.24) is 10.3 Å². The summed E-state index contributed by atoms with van der Waals surface area (Å²) in [6, 6.07) is 1.05. The highest BCUT2D eigenvalue weighted by Gasteiger charge is 2.20. The summed E-state index contributed by atoms with van der Waals surface area (Å²) in [6.45, 7) is 4.23. The summed E-state index contributed by atoms with van der Waals surface area (Å²) >= 11 is 5.72. The van der Waals surface area contributed by atoms with Gasteiger partial charge in [-0.05, 0) is 17.9 Å². The largest absolute Gasteiger partial charge is 0.396 e. The maximum Gasteiger partial charge on any atom is 0.254 e. The van der Waals surface area contributed by atoms with Crippen molar-refractivity contribution >= 4 is 17.5 Å². The van der Waals surface area contributed by atoms with E-state index in [9.17, 15) is 9.18 Å². The van der Waals surface area contributed by atoms with Gasteiger partial charge in [-0.25, -0.2) is 9.37 Å². The van der Waals surface area contributed by atoms with E-state index in [0.29, 0.717) is 13.0 Å². The second kappa shape index (κ2) is 6.11. The lowest BCUT2D eigenvalue weighted by atomic mass is 9.90. The Balaban J connectivity index is 2.69. The molecule has 0 aliphatic heterocycles. The fraction of sp³-hybridized carbons (Fsp3) is 0.500. The summed E-state index contributed by atoms with van der Waals surface area (Å²) in [5.41, 5.74) is -0.228. The number of nitrogens with one attached hydrogen (secondary N) is 1. The zero-order valence-electron chi connectivity index (χ0n) is 10.3. The molecule has 0 saturated heterocycles. The van der Waals surface area contributed by atoms with Crippen LogP contribution in [0.5, 0.6) is 0 Å². The Morgan fingerprint density at radius 3 is 2.89 bits per heavy atom. The first kappa shape index (κ1) is 14.9. The topological polar surface area (TPSA) is 62.2 Å². The number of pyridine rings is 1. The van der Waals surface area contributed by atoms with E-state index in [1.165, 1.54) is 0 Å². The van der Waals surface area contributed by atoms with Crippen molar-refractivity contribution in [3.8, 4) is 0 Å². The maximum absolute atomic E-state index is 13.0. The molecular weight excluding hydrogens is 259 g/mol. The first-order valence-electron chi connectivity index (χ1n) is 5.56. The minimum atomic E-state index is -0.612. The van der Waals surface area contributed by atoms with Crippen molar-refractivity contribution in [3.63, 3.8) is 0 Å². The van der Waals surface area contributed by atoms with E-state index in [4.69, 9.17) is 16.7 Å². The molecular formula is C12H16ClFN2O2. The molecule has 0 radical (unpaired) electrons. The van der Waals surface area contributed by atoms with Crippen LogP contribution in [0.1, 0.15) is 30.6 Å². The number of aliphatic hydroxyl groups is 1. The third-order valence-corrected chi connectivity index (χ3v) is 2.87. The molecule has 1 amide bonds. The molecule has 0 atom stereocenters. The van der Waals surface area contributed by atoms with Crippen LogP contribution < -0.4 is 5.32 Å². The van der Waals surface area contributed by atoms with Gasteiger partial charge in [0, 0.05) is 13.2 Å². The van der Waals surface area contributed by atoms with E-state index in [1.807, 2.05) is 13.8 Å². The van der Waals surface area contributed by atoms with Gasteiger partial charge in [0.25, 0.3) is 5.91 Å². The molecule has 1 aromatic rings. The van der Waals surface area contributed by atoms with Gasteiger partial charge in [-0.2, -0.15) is 0 Å². The minimum absolute atomic E-state index is 0.0106. The Morgan fingerprint density at radius 1 is 1.61 bits per heavy atom. The molecule has 0 fully saturated rings. The van der Waals surface area contributed by atoms with E-state index < -0.39 is 11.7 Å². The monoisotopic (exact) mass is 274 g/mol. The van der Waals surface area contributed by atoms with E-state index >= 15 is 0 Å². The van der Waals surface area contributed by atoms with E-state index in [-0.39, 0.29) is 22.7 Å².